The summed E-state index contributed by atoms with van der Waals surface area (Å²) < 4.78 is 17.9. The molecule has 2 aromatic carbocycles. The molecule has 0 saturated heterocycles. The summed E-state index contributed by atoms with van der Waals surface area (Å²) in [4.78, 5) is 11.8. The Morgan fingerprint density at radius 3 is 2.33 bits per heavy atom. The van der Waals surface area contributed by atoms with Crippen molar-refractivity contribution in [1.29, 1.82) is 0 Å². The van der Waals surface area contributed by atoms with Gasteiger partial charge < -0.3 is 15.4 Å². The summed E-state index contributed by atoms with van der Waals surface area (Å²) in [5.74, 6) is 0.639. The van der Waals surface area contributed by atoms with E-state index in [0.717, 1.165) is 36.3 Å². The third-order valence-corrected chi connectivity index (χ3v) is 3.78. The number of nitrogens with two attached hydrogens (primary N) is 1. The van der Waals surface area contributed by atoms with E-state index in [0.29, 0.717) is 13.1 Å². The summed E-state index contributed by atoms with van der Waals surface area (Å²) >= 11 is 0. The third-order valence-electron chi connectivity index (χ3n) is 3.78. The number of hydrogen-bond acceptors (Lipinski definition) is 2. The summed E-state index contributed by atoms with van der Waals surface area (Å²) in [5.41, 5.74) is 2.24. The number of carbonyl (C=O) groups is 1. The molecule has 0 aliphatic carbocycles. The number of quaternary nitrogens is 1. The molecule has 0 aliphatic heterocycles. The Labute approximate surface area is 142 Å². The fourth-order valence-electron chi connectivity index (χ4n) is 2.36. The van der Waals surface area contributed by atoms with Crippen LogP contribution in [0.2, 0.25) is 0 Å². The van der Waals surface area contributed by atoms with Crippen molar-refractivity contribution in [3.8, 4) is 5.75 Å². The molecule has 0 atom stereocenters. The highest BCUT2D eigenvalue weighted by Gasteiger charge is 2.04. The fourth-order valence-corrected chi connectivity index (χ4v) is 2.36. The van der Waals surface area contributed by atoms with Gasteiger partial charge in [0, 0.05) is 13.0 Å². The highest BCUT2D eigenvalue weighted by molar-refractivity contribution is 5.76. The minimum Gasteiger partial charge on any atom is -0.497 e. The number of benzene rings is 2. The molecule has 0 aliphatic rings. The minimum atomic E-state index is -0.223. The Morgan fingerprint density at radius 1 is 1.04 bits per heavy atom. The van der Waals surface area contributed by atoms with Crippen LogP contribution < -0.4 is 15.4 Å². The average Bonchev–Trinajstić information content (AvgIpc) is 2.61. The number of hydrogen-bond donors (Lipinski definition) is 2. The lowest BCUT2D eigenvalue weighted by atomic mass is 10.1. The number of ether oxygens (including phenoxy) is 1. The van der Waals surface area contributed by atoms with Gasteiger partial charge >= 0.3 is 0 Å². The average molecular weight is 331 g/mol. The summed E-state index contributed by atoms with van der Waals surface area (Å²) in [5, 5.41) is 4.88. The molecule has 4 nitrogen and oxygen atoms in total. The topological polar surface area (TPSA) is 54.9 Å². The summed E-state index contributed by atoms with van der Waals surface area (Å²) in [6, 6.07) is 14.3. The number of amides is 1. The first-order valence-corrected chi connectivity index (χ1v) is 8.13. The first-order chi connectivity index (χ1) is 11.7. The van der Waals surface area contributed by atoms with Crippen molar-refractivity contribution in [2.45, 2.75) is 12.8 Å². The molecule has 5 heteroatoms. The predicted molar refractivity (Wildman–Crippen MR) is 91.5 cm³/mol. The number of nitrogens with one attached hydrogen (secondary N) is 1. The van der Waals surface area contributed by atoms with E-state index in [1.807, 2.05) is 29.6 Å². The van der Waals surface area contributed by atoms with Crippen molar-refractivity contribution < 1.29 is 19.2 Å². The second-order valence-electron chi connectivity index (χ2n) is 5.61. The Bertz CT molecular complexity index is 627. The van der Waals surface area contributed by atoms with Crippen molar-refractivity contribution in [3.63, 3.8) is 0 Å². The Balaban J connectivity index is 1.56. The van der Waals surface area contributed by atoms with Crippen molar-refractivity contribution >= 4 is 5.91 Å². The summed E-state index contributed by atoms with van der Waals surface area (Å²) in [7, 11) is 1.64. The van der Waals surface area contributed by atoms with E-state index >= 15 is 0 Å². The monoisotopic (exact) mass is 331 g/mol. The zero-order valence-corrected chi connectivity index (χ0v) is 13.9. The van der Waals surface area contributed by atoms with Gasteiger partial charge in [-0.1, -0.05) is 24.3 Å². The molecular formula is C19H24FN2O2+. The van der Waals surface area contributed by atoms with Gasteiger partial charge in [-0.2, -0.15) is 0 Å². The SMILES string of the molecule is COc1ccc(CCNC(=O)C[NH2+]CCc2ccc(F)cc2)cc1. The number of methoxy groups -OCH3 is 1. The predicted octanol–water partition coefficient (Wildman–Crippen LogP) is 1.30. The molecule has 0 fully saturated rings. The van der Waals surface area contributed by atoms with Gasteiger partial charge in [0.15, 0.2) is 6.54 Å². The van der Waals surface area contributed by atoms with Crippen LogP contribution in [0.1, 0.15) is 11.1 Å². The van der Waals surface area contributed by atoms with E-state index in [4.69, 9.17) is 4.74 Å². The molecule has 128 valence electrons. The highest BCUT2D eigenvalue weighted by Crippen LogP contribution is 2.11. The van der Waals surface area contributed by atoms with Crippen molar-refractivity contribution in [1.82, 2.24) is 5.32 Å². The molecule has 2 aromatic rings. The van der Waals surface area contributed by atoms with Crippen LogP contribution in [0.4, 0.5) is 4.39 Å². The molecule has 0 aromatic heterocycles. The van der Waals surface area contributed by atoms with E-state index in [9.17, 15) is 9.18 Å². The zero-order valence-electron chi connectivity index (χ0n) is 13.9. The standard InChI is InChI=1S/C19H23FN2O2/c1-24-18-8-4-16(5-9-18)11-13-22-19(23)14-21-12-10-15-2-6-17(20)7-3-15/h2-9,21H,10-14H2,1H3,(H,22,23)/p+1. The zero-order chi connectivity index (χ0) is 17.2. The smallest absolute Gasteiger partial charge is 0.275 e. The van der Waals surface area contributed by atoms with Crippen LogP contribution in [0.15, 0.2) is 48.5 Å². The van der Waals surface area contributed by atoms with Crippen LogP contribution in [0, 0.1) is 5.82 Å². The molecule has 0 unspecified atom stereocenters. The lowest BCUT2D eigenvalue weighted by molar-refractivity contribution is -0.643. The van der Waals surface area contributed by atoms with Crippen molar-refractivity contribution in [3.05, 3.63) is 65.5 Å². The van der Waals surface area contributed by atoms with E-state index in [-0.39, 0.29) is 11.7 Å². The molecule has 0 radical (unpaired) electrons. The maximum Gasteiger partial charge on any atom is 0.275 e. The van der Waals surface area contributed by atoms with Crippen LogP contribution in [-0.4, -0.2) is 32.7 Å². The largest absolute Gasteiger partial charge is 0.497 e. The van der Waals surface area contributed by atoms with E-state index in [1.54, 1.807) is 19.2 Å². The lowest BCUT2D eigenvalue weighted by Crippen LogP contribution is -2.87. The van der Waals surface area contributed by atoms with Crippen molar-refractivity contribution in [2.75, 3.05) is 26.7 Å². The summed E-state index contributed by atoms with van der Waals surface area (Å²) in [6.45, 7) is 1.83. The van der Waals surface area contributed by atoms with Gasteiger partial charge in [0.1, 0.15) is 11.6 Å². The number of rotatable bonds is 9. The second-order valence-corrected chi connectivity index (χ2v) is 5.61. The molecule has 3 N–H and O–H groups in total. The van der Waals surface area contributed by atoms with Crippen LogP contribution in [0.5, 0.6) is 5.75 Å². The van der Waals surface area contributed by atoms with Crippen LogP contribution in [0.3, 0.4) is 0 Å². The first kappa shape index (κ1) is 17.9. The lowest BCUT2D eigenvalue weighted by Gasteiger charge is -2.06. The van der Waals surface area contributed by atoms with E-state index in [1.165, 1.54) is 12.1 Å². The Hall–Kier alpha value is -2.40. The van der Waals surface area contributed by atoms with Crippen LogP contribution >= 0.6 is 0 Å². The molecule has 0 heterocycles. The quantitative estimate of drug-likeness (QED) is 0.681. The molecule has 0 saturated carbocycles. The maximum atomic E-state index is 12.8. The maximum absolute atomic E-state index is 12.8. The van der Waals surface area contributed by atoms with Gasteiger partial charge in [0.2, 0.25) is 0 Å². The third kappa shape index (κ3) is 6.38. The second kappa shape index (κ2) is 9.67. The normalized spacial score (nSPS) is 10.4. The van der Waals surface area contributed by atoms with Gasteiger partial charge in [-0.15, -0.1) is 0 Å². The van der Waals surface area contributed by atoms with Crippen molar-refractivity contribution in [2.24, 2.45) is 0 Å². The van der Waals surface area contributed by atoms with Gasteiger partial charge in [-0.05, 0) is 41.8 Å². The van der Waals surface area contributed by atoms with Gasteiger partial charge in [0.05, 0.1) is 13.7 Å². The molecular weight excluding hydrogens is 307 g/mol. The minimum absolute atomic E-state index is 0.0302. The van der Waals surface area contributed by atoms with Gasteiger partial charge in [0.25, 0.3) is 5.91 Å². The van der Waals surface area contributed by atoms with E-state index < -0.39 is 0 Å². The van der Waals surface area contributed by atoms with Gasteiger partial charge in [-0.25, -0.2) is 4.39 Å². The molecule has 24 heavy (non-hydrogen) atoms. The Morgan fingerprint density at radius 2 is 1.67 bits per heavy atom. The highest BCUT2D eigenvalue weighted by atomic mass is 19.1. The van der Waals surface area contributed by atoms with Crippen LogP contribution in [-0.2, 0) is 17.6 Å². The van der Waals surface area contributed by atoms with E-state index in [2.05, 4.69) is 5.32 Å². The fraction of sp³-hybridized carbons (Fsp3) is 0.316. The molecule has 0 bridgehead atoms. The first-order valence-electron chi connectivity index (χ1n) is 8.13. The molecule has 0 spiro atoms. The summed E-state index contributed by atoms with van der Waals surface area (Å²) in [6.07, 6.45) is 1.62. The molecule has 2 rings (SSSR count). The van der Waals surface area contributed by atoms with Gasteiger partial charge in [-0.3, -0.25) is 4.79 Å². The van der Waals surface area contributed by atoms with Crippen LogP contribution in [0.25, 0.3) is 0 Å². The Kier molecular flexibility index (Phi) is 7.23. The number of carbonyl (C=O) groups excluding carboxylic acids is 1. The molecule has 1 amide bonds. The number of halogens is 1.